The number of nitrogens with two attached hydrogens (primary N) is 1. The van der Waals surface area contributed by atoms with Crippen LogP contribution in [0.25, 0.3) is 16.9 Å². The quantitative estimate of drug-likeness (QED) is 0.678. The van der Waals surface area contributed by atoms with Gasteiger partial charge in [0.15, 0.2) is 5.69 Å². The highest BCUT2D eigenvalue weighted by Gasteiger charge is 2.22. The van der Waals surface area contributed by atoms with Crippen LogP contribution >= 0.6 is 0 Å². The summed E-state index contributed by atoms with van der Waals surface area (Å²) in [6.07, 6.45) is 0. The summed E-state index contributed by atoms with van der Waals surface area (Å²) >= 11 is 0. The molecule has 0 fully saturated rings. The number of amides is 1. The molecule has 0 spiro atoms. The molecule has 1 aromatic heterocycles. The van der Waals surface area contributed by atoms with Crippen LogP contribution in [-0.2, 0) is 0 Å². The lowest BCUT2D eigenvalue weighted by molar-refractivity contribution is 0.0689. The lowest BCUT2D eigenvalue weighted by Gasteiger charge is -2.16. The normalized spacial score (nSPS) is 10.5. The number of hydrogen-bond acceptors (Lipinski definition) is 5. The van der Waals surface area contributed by atoms with Crippen molar-refractivity contribution in [2.45, 2.75) is 6.92 Å². The largest absolute Gasteiger partial charge is 0.496 e. The average molecular weight is 381 g/mol. The molecule has 3 aromatic rings. The fourth-order valence-corrected chi connectivity index (χ4v) is 3.00. The van der Waals surface area contributed by atoms with Crippen molar-refractivity contribution < 1.29 is 24.2 Å². The number of hydrogen-bond donors (Lipinski definition) is 2. The molecule has 0 aliphatic rings. The minimum Gasteiger partial charge on any atom is -0.496 e. The van der Waals surface area contributed by atoms with E-state index in [1.807, 2.05) is 0 Å². The van der Waals surface area contributed by atoms with Crippen LogP contribution in [0.4, 0.5) is 0 Å². The zero-order valence-electron chi connectivity index (χ0n) is 15.6. The highest BCUT2D eigenvalue weighted by Crippen LogP contribution is 2.39. The van der Waals surface area contributed by atoms with E-state index >= 15 is 0 Å². The third kappa shape index (κ3) is 3.27. The van der Waals surface area contributed by atoms with Crippen LogP contribution in [0.2, 0.25) is 0 Å². The molecular formula is C20H19N3O5. The maximum absolute atomic E-state index is 11.6. The molecule has 0 aliphatic heterocycles. The van der Waals surface area contributed by atoms with Crippen molar-refractivity contribution in [3.8, 4) is 28.4 Å². The van der Waals surface area contributed by atoms with Crippen LogP contribution in [0.15, 0.2) is 42.5 Å². The van der Waals surface area contributed by atoms with Gasteiger partial charge in [-0.05, 0) is 48.9 Å². The van der Waals surface area contributed by atoms with Crippen LogP contribution in [0, 0.1) is 6.92 Å². The van der Waals surface area contributed by atoms with Crippen molar-refractivity contribution in [2.75, 3.05) is 14.2 Å². The van der Waals surface area contributed by atoms with Gasteiger partial charge in [0, 0.05) is 5.56 Å². The van der Waals surface area contributed by atoms with E-state index in [-0.39, 0.29) is 5.69 Å². The molecular weight excluding hydrogens is 362 g/mol. The maximum Gasteiger partial charge on any atom is 0.356 e. The minimum atomic E-state index is -1.17. The zero-order valence-corrected chi connectivity index (χ0v) is 15.6. The summed E-state index contributed by atoms with van der Waals surface area (Å²) in [5.74, 6) is -0.707. The Morgan fingerprint density at radius 3 is 2.21 bits per heavy atom. The van der Waals surface area contributed by atoms with Gasteiger partial charge in [-0.2, -0.15) is 5.10 Å². The second kappa shape index (κ2) is 7.43. The number of rotatable bonds is 6. The fraction of sp³-hybridized carbons (Fsp3) is 0.150. The second-order valence-electron chi connectivity index (χ2n) is 6.03. The molecule has 0 aliphatic carbocycles. The zero-order chi connectivity index (χ0) is 20.4. The van der Waals surface area contributed by atoms with Gasteiger partial charge >= 0.3 is 5.97 Å². The molecule has 0 saturated carbocycles. The van der Waals surface area contributed by atoms with Crippen molar-refractivity contribution >= 4 is 11.9 Å². The Labute approximate surface area is 161 Å². The number of carbonyl (C=O) groups is 2. The summed E-state index contributed by atoms with van der Waals surface area (Å²) in [6, 6.07) is 11.6. The third-order valence-corrected chi connectivity index (χ3v) is 4.32. The van der Waals surface area contributed by atoms with Crippen LogP contribution in [0.1, 0.15) is 26.4 Å². The molecule has 0 atom stereocenters. The second-order valence-corrected chi connectivity index (χ2v) is 6.03. The number of carboxylic acid groups (broad SMARTS) is 1. The number of benzene rings is 2. The number of primary amides is 1. The Morgan fingerprint density at radius 2 is 1.71 bits per heavy atom. The number of carboxylic acids is 1. The first-order chi connectivity index (χ1) is 13.4. The van der Waals surface area contributed by atoms with Crippen molar-refractivity contribution in [3.05, 3.63) is 59.3 Å². The Kier molecular flexibility index (Phi) is 5.04. The fourth-order valence-electron chi connectivity index (χ4n) is 3.00. The summed E-state index contributed by atoms with van der Waals surface area (Å²) in [6.45, 7) is 1.78. The predicted molar refractivity (Wildman–Crippen MR) is 102 cm³/mol. The van der Waals surface area contributed by atoms with E-state index in [1.54, 1.807) is 43.3 Å². The number of carbonyl (C=O) groups excluding carboxylic acids is 1. The Balaban J connectivity index is 2.31. The number of ether oxygens (including phenoxy) is 2. The summed E-state index contributed by atoms with van der Waals surface area (Å²) < 4.78 is 12.4. The summed E-state index contributed by atoms with van der Waals surface area (Å²) in [5.41, 5.74) is 7.89. The first kappa shape index (κ1) is 19.0. The van der Waals surface area contributed by atoms with Gasteiger partial charge in [0.05, 0.1) is 31.2 Å². The van der Waals surface area contributed by atoms with E-state index in [9.17, 15) is 14.7 Å². The first-order valence-corrected chi connectivity index (χ1v) is 8.33. The van der Waals surface area contributed by atoms with Gasteiger partial charge in [0.25, 0.3) is 0 Å². The summed E-state index contributed by atoms with van der Waals surface area (Å²) in [7, 11) is 3.04. The molecule has 1 heterocycles. The lowest BCUT2D eigenvalue weighted by Crippen LogP contribution is -2.12. The average Bonchev–Trinajstić information content (AvgIpc) is 3.12. The molecule has 144 valence electrons. The number of nitrogens with zero attached hydrogens (tertiary/aromatic N) is 2. The van der Waals surface area contributed by atoms with Gasteiger partial charge in [-0.1, -0.05) is 6.07 Å². The van der Waals surface area contributed by atoms with Gasteiger partial charge < -0.3 is 20.3 Å². The van der Waals surface area contributed by atoms with E-state index in [0.29, 0.717) is 39.6 Å². The van der Waals surface area contributed by atoms with Crippen LogP contribution in [0.3, 0.4) is 0 Å². The third-order valence-electron chi connectivity index (χ3n) is 4.32. The van der Waals surface area contributed by atoms with Gasteiger partial charge in [-0.3, -0.25) is 4.79 Å². The van der Waals surface area contributed by atoms with Gasteiger partial charge in [-0.15, -0.1) is 0 Å². The molecule has 0 radical (unpaired) electrons. The van der Waals surface area contributed by atoms with Crippen LogP contribution in [-0.4, -0.2) is 41.0 Å². The molecule has 3 rings (SSSR count). The van der Waals surface area contributed by atoms with E-state index in [2.05, 4.69) is 5.10 Å². The first-order valence-electron chi connectivity index (χ1n) is 8.33. The Hall–Kier alpha value is -3.81. The lowest BCUT2D eigenvalue weighted by atomic mass is 10.1. The molecule has 0 saturated heterocycles. The molecule has 28 heavy (non-hydrogen) atoms. The molecule has 3 N–H and O–H groups in total. The minimum absolute atomic E-state index is 0.138. The number of methoxy groups -OCH3 is 2. The molecule has 2 aromatic carbocycles. The number of aryl methyl sites for hydroxylation is 1. The van der Waals surface area contributed by atoms with Crippen molar-refractivity contribution in [3.63, 3.8) is 0 Å². The predicted octanol–water partition coefficient (Wildman–Crippen LogP) is 2.66. The van der Waals surface area contributed by atoms with Gasteiger partial charge in [0.2, 0.25) is 5.91 Å². The van der Waals surface area contributed by atoms with Crippen LogP contribution in [0.5, 0.6) is 11.5 Å². The number of aromatic carboxylic acids is 1. The molecule has 0 bridgehead atoms. The molecule has 0 unspecified atom stereocenters. The van der Waals surface area contributed by atoms with Crippen molar-refractivity contribution in [2.24, 2.45) is 5.73 Å². The highest BCUT2D eigenvalue weighted by atomic mass is 16.5. The number of aromatic nitrogens is 2. The SMILES string of the molecule is COc1cccc(OC)c1-c1cc(C(=O)O)nn1-c1ccc(C(N)=O)cc1C. The molecule has 8 heteroatoms. The Bertz CT molecular complexity index is 1050. The van der Waals surface area contributed by atoms with E-state index < -0.39 is 11.9 Å². The van der Waals surface area contributed by atoms with Gasteiger partial charge in [0.1, 0.15) is 11.5 Å². The summed E-state index contributed by atoms with van der Waals surface area (Å²) in [4.78, 5) is 23.0. The van der Waals surface area contributed by atoms with E-state index in [4.69, 9.17) is 15.2 Å². The monoisotopic (exact) mass is 381 g/mol. The summed E-state index contributed by atoms with van der Waals surface area (Å²) in [5, 5.41) is 13.7. The van der Waals surface area contributed by atoms with E-state index in [0.717, 1.165) is 0 Å². The van der Waals surface area contributed by atoms with Crippen molar-refractivity contribution in [1.82, 2.24) is 9.78 Å². The topological polar surface area (TPSA) is 117 Å². The molecule has 1 amide bonds. The van der Waals surface area contributed by atoms with E-state index in [1.165, 1.54) is 25.0 Å². The highest BCUT2D eigenvalue weighted by molar-refractivity contribution is 5.93. The Morgan fingerprint density at radius 1 is 1.07 bits per heavy atom. The maximum atomic E-state index is 11.6. The smallest absolute Gasteiger partial charge is 0.356 e. The molecule has 8 nitrogen and oxygen atoms in total. The van der Waals surface area contributed by atoms with Crippen molar-refractivity contribution in [1.29, 1.82) is 0 Å². The standard InChI is InChI=1S/C20H19N3O5/c1-11-9-12(19(21)24)7-8-14(11)23-15(10-13(22-23)20(25)26)18-16(27-2)5-4-6-17(18)28-3/h4-10H,1-3H3,(H2,21,24)(H,25,26). The van der Waals surface area contributed by atoms with Crippen LogP contribution < -0.4 is 15.2 Å². The van der Waals surface area contributed by atoms with Gasteiger partial charge in [-0.25, -0.2) is 9.48 Å².